The van der Waals surface area contributed by atoms with Crippen LogP contribution in [0.15, 0.2) is 18.2 Å². The van der Waals surface area contributed by atoms with E-state index in [2.05, 4.69) is 0 Å². The number of carbonyl (C=O) groups is 1. The van der Waals surface area contributed by atoms with Gasteiger partial charge in [0, 0.05) is 5.56 Å². The number of carbonyl (C=O) groups excluding carboxylic acids is 1. The van der Waals surface area contributed by atoms with Gasteiger partial charge in [-0.15, -0.1) is 0 Å². The molecular formula is C9H3ClF3NO. The molecule has 0 heterocycles. The molecule has 0 saturated heterocycles. The highest BCUT2D eigenvalue weighted by molar-refractivity contribution is 6.68. The van der Waals surface area contributed by atoms with Crippen LogP contribution in [-0.2, 0) is 6.18 Å². The molecule has 1 aromatic carbocycles. The van der Waals surface area contributed by atoms with Crippen molar-refractivity contribution in [2.45, 2.75) is 6.18 Å². The van der Waals surface area contributed by atoms with Gasteiger partial charge in [-0.25, -0.2) is 0 Å². The molecule has 2 nitrogen and oxygen atoms in total. The van der Waals surface area contributed by atoms with Crippen LogP contribution < -0.4 is 0 Å². The van der Waals surface area contributed by atoms with Gasteiger partial charge in [0.15, 0.2) is 0 Å². The van der Waals surface area contributed by atoms with Gasteiger partial charge in [-0.05, 0) is 23.7 Å². The number of rotatable bonds is 1. The number of benzene rings is 1. The van der Waals surface area contributed by atoms with E-state index < -0.39 is 28.1 Å². The molecule has 0 radical (unpaired) electrons. The SMILES string of the molecule is N#Cc1cccc(C(=O)Cl)c1C(F)(F)F. The summed E-state index contributed by atoms with van der Waals surface area (Å²) in [7, 11) is 0. The lowest BCUT2D eigenvalue weighted by Gasteiger charge is -2.11. The number of hydrogen-bond acceptors (Lipinski definition) is 2. The van der Waals surface area contributed by atoms with E-state index in [1.807, 2.05) is 0 Å². The average molecular weight is 234 g/mol. The van der Waals surface area contributed by atoms with Crippen LogP contribution in [-0.4, -0.2) is 5.24 Å². The van der Waals surface area contributed by atoms with Crippen molar-refractivity contribution in [2.75, 3.05) is 0 Å². The number of alkyl halides is 3. The summed E-state index contributed by atoms with van der Waals surface area (Å²) in [5.74, 6) is 0. The van der Waals surface area contributed by atoms with Crippen LogP contribution in [0.25, 0.3) is 0 Å². The van der Waals surface area contributed by atoms with Gasteiger partial charge in [0.25, 0.3) is 5.24 Å². The summed E-state index contributed by atoms with van der Waals surface area (Å²) in [6.07, 6.45) is -4.77. The highest BCUT2D eigenvalue weighted by Gasteiger charge is 2.37. The van der Waals surface area contributed by atoms with Crippen LogP contribution in [0, 0.1) is 11.3 Å². The third kappa shape index (κ3) is 2.28. The first-order valence-corrected chi connectivity index (χ1v) is 4.06. The maximum absolute atomic E-state index is 12.5. The Morgan fingerprint density at radius 2 is 2.00 bits per heavy atom. The summed E-state index contributed by atoms with van der Waals surface area (Å²) < 4.78 is 37.5. The molecule has 0 aliphatic heterocycles. The number of hydrogen-bond donors (Lipinski definition) is 0. The van der Waals surface area contributed by atoms with Gasteiger partial charge in [0.2, 0.25) is 0 Å². The minimum absolute atomic E-state index is 0.617. The number of halogens is 4. The molecule has 0 spiro atoms. The van der Waals surface area contributed by atoms with E-state index in [1.165, 1.54) is 12.1 Å². The smallest absolute Gasteiger partial charge is 0.276 e. The Kier molecular flexibility index (Phi) is 3.01. The molecular weight excluding hydrogens is 231 g/mol. The third-order valence-electron chi connectivity index (χ3n) is 1.68. The molecule has 0 fully saturated rings. The molecule has 0 unspecified atom stereocenters. The topological polar surface area (TPSA) is 40.9 Å². The first kappa shape index (κ1) is 11.5. The molecule has 0 N–H and O–H groups in total. The second-order valence-corrected chi connectivity index (χ2v) is 2.95. The van der Waals surface area contributed by atoms with Crippen molar-refractivity contribution in [3.63, 3.8) is 0 Å². The zero-order valence-corrected chi connectivity index (χ0v) is 7.86. The molecule has 1 aromatic rings. The predicted molar refractivity (Wildman–Crippen MR) is 46.3 cm³/mol. The Hall–Kier alpha value is -1.54. The molecule has 6 heteroatoms. The average Bonchev–Trinajstić information content (AvgIpc) is 2.15. The van der Waals surface area contributed by atoms with Crippen LogP contribution in [0.3, 0.4) is 0 Å². The van der Waals surface area contributed by atoms with Gasteiger partial charge in [-0.2, -0.15) is 18.4 Å². The zero-order valence-electron chi connectivity index (χ0n) is 7.10. The van der Waals surface area contributed by atoms with Gasteiger partial charge in [-0.3, -0.25) is 4.79 Å². The summed E-state index contributed by atoms with van der Waals surface area (Å²) in [5.41, 5.74) is -2.61. The summed E-state index contributed by atoms with van der Waals surface area (Å²) in [6.45, 7) is 0. The van der Waals surface area contributed by atoms with Gasteiger partial charge < -0.3 is 0 Å². The lowest BCUT2D eigenvalue weighted by molar-refractivity contribution is -0.138. The molecule has 0 atom stereocenters. The second-order valence-electron chi connectivity index (χ2n) is 2.61. The molecule has 0 saturated carbocycles. The molecule has 78 valence electrons. The van der Waals surface area contributed by atoms with Gasteiger partial charge in [-0.1, -0.05) is 6.07 Å². The highest BCUT2D eigenvalue weighted by atomic mass is 35.5. The van der Waals surface area contributed by atoms with Crippen molar-refractivity contribution < 1.29 is 18.0 Å². The summed E-state index contributed by atoms with van der Waals surface area (Å²) in [6, 6.07) is 4.44. The fraction of sp³-hybridized carbons (Fsp3) is 0.111. The normalized spacial score (nSPS) is 10.9. The van der Waals surface area contributed by atoms with Crippen molar-refractivity contribution in [1.29, 1.82) is 5.26 Å². The maximum atomic E-state index is 12.5. The lowest BCUT2D eigenvalue weighted by Crippen LogP contribution is -2.13. The number of nitrogens with zero attached hydrogens (tertiary/aromatic N) is 1. The molecule has 0 bridgehead atoms. The Labute approximate surface area is 87.9 Å². The van der Waals surface area contributed by atoms with Crippen molar-refractivity contribution in [3.05, 3.63) is 34.9 Å². The standard InChI is InChI=1S/C9H3ClF3NO/c10-8(15)6-3-1-2-5(4-14)7(6)9(11,12)13/h1-3H. The van der Waals surface area contributed by atoms with Crippen molar-refractivity contribution in [3.8, 4) is 6.07 Å². The van der Waals surface area contributed by atoms with E-state index in [0.717, 1.165) is 12.1 Å². The quantitative estimate of drug-likeness (QED) is 0.700. The van der Waals surface area contributed by atoms with Gasteiger partial charge in [0.05, 0.1) is 17.2 Å². The fourth-order valence-electron chi connectivity index (χ4n) is 1.11. The summed E-state index contributed by atoms with van der Waals surface area (Å²) in [5, 5.41) is 7.25. The largest absolute Gasteiger partial charge is 0.418 e. The molecule has 0 amide bonds. The fourth-order valence-corrected chi connectivity index (χ4v) is 1.27. The van der Waals surface area contributed by atoms with E-state index in [-0.39, 0.29) is 0 Å². The maximum Gasteiger partial charge on any atom is 0.418 e. The number of nitriles is 1. The summed E-state index contributed by atoms with van der Waals surface area (Å²) >= 11 is 5.00. The Balaban J connectivity index is 3.57. The van der Waals surface area contributed by atoms with Crippen LogP contribution in [0.1, 0.15) is 21.5 Å². The minimum Gasteiger partial charge on any atom is -0.276 e. The van der Waals surface area contributed by atoms with Crippen molar-refractivity contribution >= 4 is 16.8 Å². The van der Waals surface area contributed by atoms with Crippen LogP contribution in [0.5, 0.6) is 0 Å². The molecule has 0 aliphatic rings. The zero-order chi connectivity index (χ0) is 11.6. The van der Waals surface area contributed by atoms with E-state index in [0.29, 0.717) is 0 Å². The van der Waals surface area contributed by atoms with Gasteiger partial charge >= 0.3 is 6.18 Å². The Morgan fingerprint density at radius 1 is 1.40 bits per heavy atom. The molecule has 0 aliphatic carbocycles. The van der Waals surface area contributed by atoms with E-state index >= 15 is 0 Å². The first-order valence-electron chi connectivity index (χ1n) is 3.68. The molecule has 0 aromatic heterocycles. The predicted octanol–water partition coefficient (Wildman–Crippen LogP) is 2.96. The van der Waals surface area contributed by atoms with Crippen molar-refractivity contribution in [2.24, 2.45) is 0 Å². The lowest BCUT2D eigenvalue weighted by atomic mass is 10.0. The molecule has 15 heavy (non-hydrogen) atoms. The van der Waals surface area contributed by atoms with Crippen LogP contribution >= 0.6 is 11.6 Å². The monoisotopic (exact) mass is 233 g/mol. The minimum atomic E-state index is -4.77. The first-order chi connectivity index (χ1) is 6.88. The highest BCUT2D eigenvalue weighted by Crippen LogP contribution is 2.35. The third-order valence-corrected chi connectivity index (χ3v) is 1.88. The van der Waals surface area contributed by atoms with E-state index in [9.17, 15) is 18.0 Å². The van der Waals surface area contributed by atoms with E-state index in [1.54, 1.807) is 0 Å². The Morgan fingerprint density at radius 3 is 2.40 bits per heavy atom. The van der Waals surface area contributed by atoms with Crippen molar-refractivity contribution in [1.82, 2.24) is 0 Å². The second kappa shape index (κ2) is 3.91. The molecule has 1 rings (SSSR count). The van der Waals surface area contributed by atoms with Crippen LogP contribution in [0.4, 0.5) is 13.2 Å². The Bertz CT molecular complexity index is 448. The summed E-state index contributed by atoms with van der Waals surface area (Å²) in [4.78, 5) is 10.7. The van der Waals surface area contributed by atoms with E-state index in [4.69, 9.17) is 16.9 Å². The van der Waals surface area contributed by atoms with Crippen LogP contribution in [0.2, 0.25) is 0 Å². The van der Waals surface area contributed by atoms with Gasteiger partial charge in [0.1, 0.15) is 0 Å².